The monoisotopic (exact) mass is 626 g/mol. The van der Waals surface area contributed by atoms with Gasteiger partial charge in [0, 0.05) is 24.1 Å². The topological polar surface area (TPSA) is 79.3 Å². The maximum atomic E-state index is 13.3. The number of likely N-dealkylation sites (N-methyl/N-ethyl adjacent to an activating group) is 1. The Kier molecular flexibility index (Phi) is 8.47. The third-order valence-corrected chi connectivity index (χ3v) is 9.70. The van der Waals surface area contributed by atoms with E-state index >= 15 is 0 Å². The summed E-state index contributed by atoms with van der Waals surface area (Å²) in [5, 5.41) is 12.1. The molecule has 238 valence electrons. The first kappa shape index (κ1) is 31.0. The summed E-state index contributed by atoms with van der Waals surface area (Å²) < 4.78 is 13.4. The molecule has 5 aromatic carbocycles. The summed E-state index contributed by atoms with van der Waals surface area (Å²) in [6.07, 6.45) is -1.23. The van der Waals surface area contributed by atoms with Gasteiger partial charge in [-0.3, -0.25) is 14.5 Å². The van der Waals surface area contributed by atoms with Crippen LogP contribution in [-0.2, 0) is 16.1 Å². The van der Waals surface area contributed by atoms with E-state index in [-0.39, 0.29) is 42.6 Å². The summed E-state index contributed by atoms with van der Waals surface area (Å²) in [4.78, 5) is 30.1. The van der Waals surface area contributed by atoms with Crippen molar-refractivity contribution in [2.75, 3.05) is 18.5 Å². The Morgan fingerprint density at radius 2 is 1.45 bits per heavy atom. The van der Waals surface area contributed by atoms with E-state index in [0.29, 0.717) is 23.4 Å². The number of ether oxygens (including phenoxy) is 2. The average molecular weight is 627 g/mol. The lowest BCUT2D eigenvalue weighted by Gasteiger charge is -2.43. The third-order valence-electron chi connectivity index (χ3n) is 9.70. The van der Waals surface area contributed by atoms with E-state index in [0.717, 1.165) is 16.7 Å². The predicted molar refractivity (Wildman–Crippen MR) is 182 cm³/mol. The van der Waals surface area contributed by atoms with E-state index in [1.54, 1.807) is 30.3 Å². The lowest BCUT2D eigenvalue weighted by molar-refractivity contribution is -0.276. The molecule has 5 aromatic rings. The second-order valence-electron chi connectivity index (χ2n) is 12.6. The zero-order valence-electron chi connectivity index (χ0n) is 26.7. The Balaban J connectivity index is 1.18. The van der Waals surface area contributed by atoms with Crippen LogP contribution < -0.4 is 4.90 Å². The van der Waals surface area contributed by atoms with Crippen LogP contribution in [0.15, 0.2) is 115 Å². The van der Waals surface area contributed by atoms with Gasteiger partial charge in [-0.1, -0.05) is 91.9 Å². The summed E-state index contributed by atoms with van der Waals surface area (Å²) >= 11 is 0. The SMILES string of the molecule is CC1C(CN(C)C(C)c2ccc3ccccc3c2)OC(c2cccc(N3C(=O)c4ccccc4C3=O)c2)OC1c1ccc(CO)cc1. The van der Waals surface area contributed by atoms with Gasteiger partial charge in [-0.05, 0) is 71.8 Å². The number of imide groups is 1. The molecular weight excluding hydrogens is 588 g/mol. The molecule has 5 atom stereocenters. The van der Waals surface area contributed by atoms with Gasteiger partial charge in [0.1, 0.15) is 0 Å². The zero-order valence-corrected chi connectivity index (χ0v) is 26.7. The Labute approximate surface area is 275 Å². The van der Waals surface area contributed by atoms with Crippen LogP contribution in [0.4, 0.5) is 5.69 Å². The first-order chi connectivity index (χ1) is 22.8. The molecule has 7 rings (SSSR count). The molecule has 0 aliphatic carbocycles. The molecule has 7 nitrogen and oxygen atoms in total. The molecule has 2 aliphatic rings. The minimum atomic E-state index is -0.738. The lowest BCUT2D eigenvalue weighted by atomic mass is 9.89. The maximum absolute atomic E-state index is 13.3. The number of anilines is 1. The highest BCUT2D eigenvalue weighted by Crippen LogP contribution is 2.43. The maximum Gasteiger partial charge on any atom is 0.266 e. The summed E-state index contributed by atoms with van der Waals surface area (Å²) in [5.41, 5.74) is 5.05. The molecule has 47 heavy (non-hydrogen) atoms. The molecule has 2 heterocycles. The number of amides is 2. The molecule has 0 spiro atoms. The molecular formula is C40H38N2O5. The van der Waals surface area contributed by atoms with Crippen molar-refractivity contribution < 1.29 is 24.2 Å². The summed E-state index contributed by atoms with van der Waals surface area (Å²) in [7, 11) is 2.12. The van der Waals surface area contributed by atoms with E-state index in [4.69, 9.17) is 9.47 Å². The molecule has 1 N–H and O–H groups in total. The fourth-order valence-corrected chi connectivity index (χ4v) is 6.73. The Morgan fingerprint density at radius 1 is 0.766 bits per heavy atom. The second-order valence-corrected chi connectivity index (χ2v) is 12.6. The predicted octanol–water partition coefficient (Wildman–Crippen LogP) is 7.62. The number of aliphatic hydroxyl groups excluding tert-OH is 1. The van der Waals surface area contributed by atoms with Gasteiger partial charge in [-0.25, -0.2) is 4.90 Å². The number of hydrogen-bond donors (Lipinski definition) is 1. The van der Waals surface area contributed by atoms with E-state index < -0.39 is 6.29 Å². The van der Waals surface area contributed by atoms with Gasteiger partial charge in [0.25, 0.3) is 11.8 Å². The molecule has 1 fully saturated rings. The number of rotatable bonds is 8. The molecule has 2 amide bonds. The Hall–Kier alpha value is -4.66. The Morgan fingerprint density at radius 3 is 2.15 bits per heavy atom. The van der Waals surface area contributed by atoms with Crippen LogP contribution in [0.25, 0.3) is 10.8 Å². The number of fused-ring (bicyclic) bond motifs is 2. The minimum absolute atomic E-state index is 0.00287. The van der Waals surface area contributed by atoms with E-state index in [9.17, 15) is 14.7 Å². The first-order valence-corrected chi connectivity index (χ1v) is 16.1. The fourth-order valence-electron chi connectivity index (χ4n) is 6.73. The lowest BCUT2D eigenvalue weighted by Crippen LogP contribution is -2.44. The van der Waals surface area contributed by atoms with Crippen LogP contribution in [0, 0.1) is 5.92 Å². The number of hydrogen-bond acceptors (Lipinski definition) is 6. The van der Waals surface area contributed by atoms with Crippen molar-refractivity contribution in [3.05, 3.63) is 149 Å². The van der Waals surface area contributed by atoms with Crippen molar-refractivity contribution in [1.82, 2.24) is 4.90 Å². The second kappa shape index (κ2) is 12.9. The van der Waals surface area contributed by atoms with Gasteiger partial charge in [-0.2, -0.15) is 0 Å². The van der Waals surface area contributed by atoms with Gasteiger partial charge in [0.05, 0.1) is 35.6 Å². The largest absolute Gasteiger partial charge is 0.392 e. The molecule has 1 saturated heterocycles. The first-order valence-electron chi connectivity index (χ1n) is 16.1. The molecule has 0 radical (unpaired) electrons. The molecule has 5 unspecified atom stereocenters. The van der Waals surface area contributed by atoms with Crippen molar-refractivity contribution in [3.63, 3.8) is 0 Å². The zero-order chi connectivity index (χ0) is 32.7. The number of nitrogens with zero attached hydrogens (tertiary/aromatic N) is 2. The van der Waals surface area contributed by atoms with E-state index in [2.05, 4.69) is 68.3 Å². The van der Waals surface area contributed by atoms with Gasteiger partial charge < -0.3 is 14.6 Å². The average Bonchev–Trinajstić information content (AvgIpc) is 3.37. The van der Waals surface area contributed by atoms with E-state index in [1.165, 1.54) is 21.2 Å². The fraction of sp³-hybridized carbons (Fsp3) is 0.250. The highest BCUT2D eigenvalue weighted by Gasteiger charge is 2.40. The number of carbonyl (C=O) groups is 2. The van der Waals surface area contributed by atoms with Crippen molar-refractivity contribution in [3.8, 4) is 0 Å². The van der Waals surface area contributed by atoms with Gasteiger partial charge >= 0.3 is 0 Å². The summed E-state index contributed by atoms with van der Waals surface area (Å²) in [6.45, 7) is 4.98. The minimum Gasteiger partial charge on any atom is -0.392 e. The quantitative estimate of drug-likeness (QED) is 0.179. The highest BCUT2D eigenvalue weighted by molar-refractivity contribution is 6.34. The van der Waals surface area contributed by atoms with Crippen molar-refractivity contribution in [1.29, 1.82) is 0 Å². The van der Waals surface area contributed by atoms with Crippen LogP contribution in [0.1, 0.15) is 75.3 Å². The van der Waals surface area contributed by atoms with Crippen LogP contribution in [0.2, 0.25) is 0 Å². The number of carbonyl (C=O) groups excluding carboxylic acids is 2. The highest BCUT2D eigenvalue weighted by atomic mass is 16.7. The van der Waals surface area contributed by atoms with Gasteiger partial charge in [0.15, 0.2) is 6.29 Å². The molecule has 0 aromatic heterocycles. The summed E-state index contributed by atoms with van der Waals surface area (Å²) in [6, 6.07) is 37.2. The summed E-state index contributed by atoms with van der Waals surface area (Å²) in [5.74, 6) is -0.686. The molecule has 0 bridgehead atoms. The normalized spacial score (nSPS) is 21.8. The van der Waals surface area contributed by atoms with Crippen molar-refractivity contribution in [2.45, 2.75) is 45.0 Å². The van der Waals surface area contributed by atoms with Crippen LogP contribution in [0.3, 0.4) is 0 Å². The van der Waals surface area contributed by atoms with Gasteiger partial charge in [0.2, 0.25) is 0 Å². The number of benzene rings is 5. The smallest absolute Gasteiger partial charge is 0.266 e. The van der Waals surface area contributed by atoms with Crippen molar-refractivity contribution in [2.24, 2.45) is 5.92 Å². The third kappa shape index (κ3) is 5.88. The van der Waals surface area contributed by atoms with Crippen LogP contribution >= 0.6 is 0 Å². The van der Waals surface area contributed by atoms with Crippen LogP contribution in [0.5, 0.6) is 0 Å². The molecule has 7 heteroatoms. The van der Waals surface area contributed by atoms with Crippen LogP contribution in [-0.4, -0.2) is 41.5 Å². The molecule has 0 saturated carbocycles. The Bertz CT molecular complexity index is 1900. The standard InChI is InChI=1S/C40H38N2O5/c1-25-36(23-41(3)26(2)30-20-19-28-9-4-5-10-31(28)21-30)46-40(47-37(25)29-17-15-27(24-43)16-18-29)32-11-8-12-33(22-32)42-38(44)34-13-6-7-14-35(34)39(42)45/h4-22,25-26,36-37,40,43H,23-24H2,1-3H3. The van der Waals surface area contributed by atoms with Gasteiger partial charge in [-0.15, -0.1) is 0 Å². The molecule has 2 aliphatic heterocycles. The van der Waals surface area contributed by atoms with E-state index in [1.807, 2.05) is 42.5 Å². The number of aliphatic hydroxyl groups is 1. The van der Waals surface area contributed by atoms with Crippen molar-refractivity contribution >= 4 is 28.3 Å².